The fourth-order valence-electron chi connectivity index (χ4n) is 3.87. The van der Waals surface area contributed by atoms with Crippen LogP contribution in [0, 0.1) is 11.6 Å². The molecule has 160 valence electrons. The Bertz CT molecular complexity index is 934. The summed E-state index contributed by atoms with van der Waals surface area (Å²) in [6.07, 6.45) is 3.31. The van der Waals surface area contributed by atoms with Gasteiger partial charge in [-0.3, -0.25) is 9.59 Å². The predicted molar refractivity (Wildman–Crippen MR) is 112 cm³/mol. The number of carbonyl (C=O) groups is 2. The van der Waals surface area contributed by atoms with Gasteiger partial charge in [0.25, 0.3) is 5.91 Å². The predicted octanol–water partition coefficient (Wildman–Crippen LogP) is 4.49. The first-order chi connectivity index (χ1) is 14.2. The second kappa shape index (κ2) is 9.53. The molecule has 0 saturated heterocycles. The molecule has 2 aromatic rings. The van der Waals surface area contributed by atoms with Crippen molar-refractivity contribution in [2.75, 3.05) is 5.32 Å². The van der Waals surface area contributed by atoms with Gasteiger partial charge in [0.1, 0.15) is 11.6 Å². The molecule has 0 bridgehead atoms. The fraction of sp³-hybridized carbons (Fsp3) is 0.364. The summed E-state index contributed by atoms with van der Waals surface area (Å²) in [5, 5.41) is 3.10. The van der Waals surface area contributed by atoms with Crippen molar-refractivity contribution in [2.24, 2.45) is 5.73 Å². The van der Waals surface area contributed by atoms with E-state index in [0.29, 0.717) is 22.7 Å². The van der Waals surface area contributed by atoms with Crippen LogP contribution in [-0.2, 0) is 11.3 Å². The lowest BCUT2D eigenvalue weighted by Crippen LogP contribution is -2.51. The lowest BCUT2D eigenvalue weighted by molar-refractivity contribution is -0.114. The summed E-state index contributed by atoms with van der Waals surface area (Å²) >= 11 is 6.35. The minimum absolute atomic E-state index is 0.0839. The summed E-state index contributed by atoms with van der Waals surface area (Å²) in [5.74, 6) is -2.40. The van der Waals surface area contributed by atoms with Gasteiger partial charge in [0, 0.05) is 47.9 Å². The number of hydrogen-bond donors (Lipinski definition) is 2. The molecular weight excluding hydrogens is 412 g/mol. The lowest BCUT2D eigenvalue weighted by Gasteiger charge is -2.38. The van der Waals surface area contributed by atoms with Gasteiger partial charge in [0.05, 0.1) is 0 Å². The van der Waals surface area contributed by atoms with Crippen LogP contribution in [0.4, 0.5) is 14.5 Å². The Labute approximate surface area is 179 Å². The Kier molecular flexibility index (Phi) is 7.05. The molecule has 3 N–H and O–H groups in total. The molecule has 3 rings (SSSR count). The average Bonchev–Trinajstić information content (AvgIpc) is 2.67. The van der Waals surface area contributed by atoms with Crippen LogP contribution in [0.1, 0.15) is 48.5 Å². The molecule has 30 heavy (non-hydrogen) atoms. The third-order valence-electron chi connectivity index (χ3n) is 5.26. The molecule has 2 amide bonds. The summed E-state index contributed by atoms with van der Waals surface area (Å²) < 4.78 is 27.5. The van der Waals surface area contributed by atoms with Crippen LogP contribution in [0.3, 0.4) is 0 Å². The third kappa shape index (κ3) is 5.34. The molecule has 8 heteroatoms. The van der Waals surface area contributed by atoms with Crippen LogP contribution in [0.25, 0.3) is 0 Å². The van der Waals surface area contributed by atoms with Crippen molar-refractivity contribution in [1.82, 2.24) is 4.90 Å². The van der Waals surface area contributed by atoms with E-state index in [4.69, 9.17) is 17.3 Å². The van der Waals surface area contributed by atoms with Gasteiger partial charge >= 0.3 is 0 Å². The van der Waals surface area contributed by atoms with E-state index in [1.807, 2.05) is 0 Å². The number of amides is 2. The van der Waals surface area contributed by atoms with Crippen molar-refractivity contribution >= 4 is 29.1 Å². The minimum Gasteiger partial charge on any atom is -0.330 e. The van der Waals surface area contributed by atoms with Crippen molar-refractivity contribution in [2.45, 2.75) is 51.2 Å². The first kappa shape index (κ1) is 22.2. The number of nitrogens with two attached hydrogens (primary N) is 1. The molecule has 0 radical (unpaired) electrons. The van der Waals surface area contributed by atoms with Crippen molar-refractivity contribution in [3.05, 3.63) is 64.2 Å². The van der Waals surface area contributed by atoms with E-state index in [2.05, 4.69) is 5.32 Å². The van der Waals surface area contributed by atoms with Gasteiger partial charge in [-0.25, -0.2) is 8.78 Å². The van der Waals surface area contributed by atoms with E-state index in [9.17, 15) is 18.4 Å². The van der Waals surface area contributed by atoms with Gasteiger partial charge in [-0.2, -0.15) is 0 Å². The molecule has 1 fully saturated rings. The number of anilines is 1. The summed E-state index contributed by atoms with van der Waals surface area (Å²) in [7, 11) is 0. The number of nitrogens with one attached hydrogen (secondary N) is 1. The van der Waals surface area contributed by atoms with Crippen LogP contribution in [-0.4, -0.2) is 28.8 Å². The van der Waals surface area contributed by atoms with E-state index in [1.54, 1.807) is 18.2 Å². The summed E-state index contributed by atoms with van der Waals surface area (Å²) in [6.45, 7) is 1.49. The number of rotatable bonds is 5. The maximum atomic E-state index is 13.7. The fourth-order valence-corrected chi connectivity index (χ4v) is 4.05. The number of hydrogen-bond acceptors (Lipinski definition) is 3. The Morgan fingerprint density at radius 1 is 1.13 bits per heavy atom. The minimum atomic E-state index is -0.822. The van der Waals surface area contributed by atoms with E-state index in [-0.39, 0.29) is 30.1 Å². The topological polar surface area (TPSA) is 75.4 Å². The maximum Gasteiger partial charge on any atom is 0.254 e. The summed E-state index contributed by atoms with van der Waals surface area (Å²) in [4.78, 5) is 26.2. The molecule has 0 spiro atoms. The Morgan fingerprint density at radius 2 is 1.80 bits per heavy atom. The van der Waals surface area contributed by atoms with Gasteiger partial charge < -0.3 is 16.0 Å². The molecule has 0 heterocycles. The number of nitrogens with zero attached hydrogens (tertiary/aromatic N) is 1. The normalized spacial score (nSPS) is 18.7. The van der Waals surface area contributed by atoms with E-state index in [0.717, 1.165) is 37.5 Å². The summed E-state index contributed by atoms with van der Waals surface area (Å²) in [6, 6.07) is 7.19. The lowest BCUT2D eigenvalue weighted by atomic mass is 9.89. The highest BCUT2D eigenvalue weighted by atomic mass is 35.5. The zero-order chi connectivity index (χ0) is 21.8. The van der Waals surface area contributed by atoms with Crippen LogP contribution < -0.4 is 11.1 Å². The quantitative estimate of drug-likeness (QED) is 0.726. The van der Waals surface area contributed by atoms with E-state index >= 15 is 0 Å². The monoisotopic (exact) mass is 435 g/mol. The molecule has 5 nitrogen and oxygen atoms in total. The maximum absolute atomic E-state index is 13.7. The van der Waals surface area contributed by atoms with E-state index < -0.39 is 17.5 Å². The molecular formula is C22H24ClF2N3O2. The van der Waals surface area contributed by atoms with E-state index in [1.165, 1.54) is 11.8 Å². The molecule has 2 atom stereocenters. The standard InChI is InChI=1S/C22H24ClF2N3O2/c1-13(29)27-18-6-7-19(23)15(10-18)12-28(21-5-3-2-4-20(21)26)22(30)14-8-16(24)11-17(25)9-14/h6-11,20-21H,2-5,12,26H2,1H3,(H,27,29). The summed E-state index contributed by atoms with van der Waals surface area (Å²) in [5.41, 5.74) is 7.37. The van der Waals surface area contributed by atoms with Crippen molar-refractivity contribution < 1.29 is 18.4 Å². The highest BCUT2D eigenvalue weighted by Gasteiger charge is 2.32. The van der Waals surface area contributed by atoms with Gasteiger partial charge in [-0.05, 0) is 48.7 Å². The second-order valence-electron chi connectivity index (χ2n) is 7.59. The highest BCUT2D eigenvalue weighted by molar-refractivity contribution is 6.31. The Morgan fingerprint density at radius 3 is 2.43 bits per heavy atom. The molecule has 1 aliphatic carbocycles. The zero-order valence-corrected chi connectivity index (χ0v) is 17.4. The molecule has 2 aromatic carbocycles. The number of benzene rings is 2. The highest BCUT2D eigenvalue weighted by Crippen LogP contribution is 2.29. The Balaban J connectivity index is 1.98. The first-order valence-electron chi connectivity index (χ1n) is 9.83. The van der Waals surface area contributed by atoms with Crippen molar-refractivity contribution in [1.29, 1.82) is 0 Å². The Hall–Kier alpha value is -2.51. The largest absolute Gasteiger partial charge is 0.330 e. The van der Waals surface area contributed by atoms with Crippen molar-refractivity contribution in [3.8, 4) is 0 Å². The van der Waals surface area contributed by atoms with Gasteiger partial charge in [0.2, 0.25) is 5.91 Å². The van der Waals surface area contributed by atoms with Crippen LogP contribution in [0.15, 0.2) is 36.4 Å². The van der Waals surface area contributed by atoms with Gasteiger partial charge in [-0.15, -0.1) is 0 Å². The number of carbonyl (C=O) groups excluding carboxylic acids is 2. The molecule has 1 aliphatic rings. The van der Waals surface area contributed by atoms with Gasteiger partial charge in [0.15, 0.2) is 0 Å². The van der Waals surface area contributed by atoms with Gasteiger partial charge in [-0.1, -0.05) is 24.4 Å². The molecule has 2 unspecified atom stereocenters. The molecule has 0 aromatic heterocycles. The first-order valence-corrected chi connectivity index (χ1v) is 10.2. The average molecular weight is 436 g/mol. The third-order valence-corrected chi connectivity index (χ3v) is 5.63. The van der Waals surface area contributed by atoms with Crippen LogP contribution in [0.2, 0.25) is 5.02 Å². The smallest absolute Gasteiger partial charge is 0.254 e. The SMILES string of the molecule is CC(=O)Nc1ccc(Cl)c(CN(C(=O)c2cc(F)cc(F)c2)C2CCCCC2N)c1. The van der Waals surface area contributed by atoms with Crippen LogP contribution in [0.5, 0.6) is 0 Å². The molecule has 1 saturated carbocycles. The zero-order valence-electron chi connectivity index (χ0n) is 16.6. The second-order valence-corrected chi connectivity index (χ2v) is 8.00. The van der Waals surface area contributed by atoms with Crippen LogP contribution >= 0.6 is 11.6 Å². The van der Waals surface area contributed by atoms with Crippen molar-refractivity contribution in [3.63, 3.8) is 0 Å². The molecule has 0 aliphatic heterocycles. The number of halogens is 3.